The van der Waals surface area contributed by atoms with Gasteiger partial charge in [0.1, 0.15) is 5.60 Å². The molecule has 0 aromatic heterocycles. The van der Waals surface area contributed by atoms with Gasteiger partial charge in [-0.1, -0.05) is 48.9 Å². The fourth-order valence-corrected chi connectivity index (χ4v) is 6.06. The zero-order valence-electron chi connectivity index (χ0n) is 22.1. The summed E-state index contributed by atoms with van der Waals surface area (Å²) in [4.78, 5) is 55.4. The molecule has 0 bridgehead atoms. The maximum Gasteiger partial charge on any atom is 0.307 e. The average Bonchev–Trinajstić information content (AvgIpc) is 3.16. The number of fused-ring (bicyclic) bond motifs is 2. The van der Waals surface area contributed by atoms with E-state index in [1.165, 1.54) is 4.90 Å². The minimum Gasteiger partial charge on any atom is -0.481 e. The molecule has 3 aliphatic rings. The first-order chi connectivity index (χ1) is 18.6. The Morgan fingerprint density at radius 3 is 2.23 bits per heavy atom. The van der Waals surface area contributed by atoms with E-state index in [2.05, 4.69) is 11.8 Å². The number of nitrogens with zero attached hydrogens (tertiary/aromatic N) is 2. The Balaban J connectivity index is 1.55. The van der Waals surface area contributed by atoms with Gasteiger partial charge in [0.25, 0.3) is 11.8 Å². The zero-order chi connectivity index (χ0) is 27.9. The summed E-state index contributed by atoms with van der Waals surface area (Å²) in [5, 5.41) is 20.0. The molecule has 2 aromatic rings. The van der Waals surface area contributed by atoms with Gasteiger partial charge in [-0.05, 0) is 62.4 Å². The summed E-state index contributed by atoms with van der Waals surface area (Å²) in [7, 11) is 0. The SMILES string of the molecule is CC(C)(O)C#Cc1cccc2c1CCN(C(=O)[C@@H]1CCCC[C@@H]1C(=O)O)[C@@H]2CN1C(=O)c2ccccc2C1=O. The number of rotatable bonds is 4. The number of carbonyl (C=O) groups is 4. The van der Waals surface area contributed by atoms with Crippen molar-refractivity contribution in [2.75, 3.05) is 13.1 Å². The maximum absolute atomic E-state index is 14.0. The fraction of sp³-hybridized carbons (Fsp3) is 0.419. The molecule has 2 aromatic carbocycles. The Kier molecular flexibility index (Phi) is 7.04. The van der Waals surface area contributed by atoms with Crippen molar-refractivity contribution in [3.8, 4) is 11.8 Å². The van der Waals surface area contributed by atoms with Crippen molar-refractivity contribution in [3.63, 3.8) is 0 Å². The van der Waals surface area contributed by atoms with Crippen LogP contribution in [0.5, 0.6) is 0 Å². The van der Waals surface area contributed by atoms with Crippen LogP contribution < -0.4 is 0 Å². The van der Waals surface area contributed by atoms with Crippen molar-refractivity contribution in [2.24, 2.45) is 11.8 Å². The van der Waals surface area contributed by atoms with E-state index >= 15 is 0 Å². The number of hydrogen-bond acceptors (Lipinski definition) is 5. The van der Waals surface area contributed by atoms with Gasteiger partial charge < -0.3 is 15.1 Å². The number of aliphatic carboxylic acids is 1. The summed E-state index contributed by atoms with van der Waals surface area (Å²) in [6.07, 6.45) is 2.99. The number of aliphatic hydroxyl groups is 1. The van der Waals surface area contributed by atoms with E-state index in [0.717, 1.165) is 29.5 Å². The van der Waals surface area contributed by atoms with Gasteiger partial charge in [-0.2, -0.15) is 0 Å². The van der Waals surface area contributed by atoms with Crippen molar-refractivity contribution in [1.82, 2.24) is 9.80 Å². The van der Waals surface area contributed by atoms with E-state index in [-0.39, 0.29) is 12.5 Å². The van der Waals surface area contributed by atoms with Crippen molar-refractivity contribution < 1.29 is 29.4 Å². The average molecular weight is 529 g/mol. The number of carbonyl (C=O) groups excluding carboxylic acids is 3. The lowest BCUT2D eigenvalue weighted by Crippen LogP contribution is -2.50. The molecule has 1 aliphatic carbocycles. The van der Waals surface area contributed by atoms with Gasteiger partial charge in [0.05, 0.1) is 35.5 Å². The number of benzene rings is 2. The third kappa shape index (κ3) is 5.07. The Morgan fingerprint density at radius 2 is 1.62 bits per heavy atom. The van der Waals surface area contributed by atoms with Crippen LogP contribution in [0.15, 0.2) is 42.5 Å². The Morgan fingerprint density at radius 1 is 0.974 bits per heavy atom. The molecule has 202 valence electrons. The molecular formula is C31H32N2O6. The number of carboxylic acid groups (broad SMARTS) is 1. The molecule has 3 atom stereocenters. The smallest absolute Gasteiger partial charge is 0.307 e. The van der Waals surface area contributed by atoms with Gasteiger partial charge in [-0.25, -0.2) is 0 Å². The van der Waals surface area contributed by atoms with Gasteiger partial charge in [-0.3, -0.25) is 24.1 Å². The van der Waals surface area contributed by atoms with E-state index < -0.39 is 41.3 Å². The minimum absolute atomic E-state index is 0.0437. The number of amides is 3. The molecule has 2 heterocycles. The molecule has 1 fully saturated rings. The molecule has 2 aliphatic heterocycles. The lowest BCUT2D eigenvalue weighted by molar-refractivity contribution is -0.153. The molecule has 8 nitrogen and oxygen atoms in total. The normalized spacial score (nSPS) is 22.6. The summed E-state index contributed by atoms with van der Waals surface area (Å²) in [5.41, 5.74) is 1.87. The second-order valence-corrected chi connectivity index (χ2v) is 11.1. The second-order valence-electron chi connectivity index (χ2n) is 11.1. The molecule has 5 rings (SSSR count). The quantitative estimate of drug-likeness (QED) is 0.464. The van der Waals surface area contributed by atoms with E-state index in [4.69, 9.17) is 0 Å². The van der Waals surface area contributed by atoms with Gasteiger partial charge in [0, 0.05) is 12.1 Å². The van der Waals surface area contributed by atoms with E-state index in [0.29, 0.717) is 36.9 Å². The highest BCUT2D eigenvalue weighted by molar-refractivity contribution is 6.21. The van der Waals surface area contributed by atoms with Gasteiger partial charge in [0.15, 0.2) is 0 Å². The van der Waals surface area contributed by atoms with Crippen LogP contribution in [0.4, 0.5) is 0 Å². The Bertz CT molecular complexity index is 1380. The first-order valence-corrected chi connectivity index (χ1v) is 13.4. The van der Waals surface area contributed by atoms with E-state index in [1.54, 1.807) is 43.0 Å². The first kappa shape index (κ1) is 26.6. The predicted octanol–water partition coefficient (Wildman–Crippen LogP) is 3.42. The largest absolute Gasteiger partial charge is 0.481 e. The molecule has 0 saturated heterocycles. The van der Waals surface area contributed by atoms with E-state index in [1.807, 2.05) is 18.2 Å². The predicted molar refractivity (Wildman–Crippen MR) is 143 cm³/mol. The molecule has 1 saturated carbocycles. The van der Waals surface area contributed by atoms with Crippen molar-refractivity contribution in [2.45, 2.75) is 57.6 Å². The lowest BCUT2D eigenvalue weighted by atomic mass is 9.77. The molecule has 0 radical (unpaired) electrons. The minimum atomic E-state index is -1.19. The number of hydrogen-bond donors (Lipinski definition) is 2. The molecule has 8 heteroatoms. The molecular weight excluding hydrogens is 496 g/mol. The summed E-state index contributed by atoms with van der Waals surface area (Å²) >= 11 is 0. The molecule has 0 spiro atoms. The van der Waals surface area contributed by atoms with Crippen LogP contribution >= 0.6 is 0 Å². The van der Waals surface area contributed by atoms with Crippen LogP contribution in [0.1, 0.15) is 83.0 Å². The lowest BCUT2D eigenvalue weighted by Gasteiger charge is -2.42. The summed E-state index contributed by atoms with van der Waals surface area (Å²) in [5.74, 6) is 2.47. The van der Waals surface area contributed by atoms with Crippen molar-refractivity contribution >= 4 is 23.7 Å². The Hall–Kier alpha value is -3.96. The number of imide groups is 1. The maximum atomic E-state index is 14.0. The molecule has 3 amide bonds. The second kappa shape index (κ2) is 10.3. The summed E-state index contributed by atoms with van der Waals surface area (Å²) in [6, 6.07) is 11.6. The van der Waals surface area contributed by atoms with Crippen LogP contribution in [0.2, 0.25) is 0 Å². The summed E-state index contributed by atoms with van der Waals surface area (Å²) in [6.45, 7) is 3.47. The standard InChI is InChI=1S/C31H32N2O6/c1-31(2,39)16-14-19-8-7-13-21-20(19)15-17-32(27(34)24-11-5-6-12-25(24)30(37)38)26(21)18-33-28(35)22-9-3-4-10-23(22)29(33)36/h3-4,7-10,13,24-26,39H,5-6,11-12,15,17-18H2,1-2H3,(H,37,38)/t24-,25+,26-/m1/s1. The third-order valence-electron chi connectivity index (χ3n) is 7.97. The highest BCUT2D eigenvalue weighted by Crippen LogP contribution is 2.39. The first-order valence-electron chi connectivity index (χ1n) is 13.4. The van der Waals surface area contributed by atoms with Crippen molar-refractivity contribution in [1.29, 1.82) is 0 Å². The number of carboxylic acids is 1. The van der Waals surface area contributed by atoms with Gasteiger partial charge in [-0.15, -0.1) is 0 Å². The Labute approximate surface area is 227 Å². The van der Waals surface area contributed by atoms with Crippen LogP contribution in [0.3, 0.4) is 0 Å². The van der Waals surface area contributed by atoms with Crippen molar-refractivity contribution in [3.05, 3.63) is 70.3 Å². The van der Waals surface area contributed by atoms with Crippen LogP contribution in [0.25, 0.3) is 0 Å². The third-order valence-corrected chi connectivity index (χ3v) is 7.97. The monoisotopic (exact) mass is 528 g/mol. The van der Waals surface area contributed by atoms with Gasteiger partial charge in [0.2, 0.25) is 5.91 Å². The molecule has 2 N–H and O–H groups in total. The van der Waals surface area contributed by atoms with Gasteiger partial charge >= 0.3 is 5.97 Å². The molecule has 0 unspecified atom stereocenters. The highest BCUT2D eigenvalue weighted by atomic mass is 16.4. The van der Waals surface area contributed by atoms with E-state index in [9.17, 15) is 29.4 Å². The molecule has 39 heavy (non-hydrogen) atoms. The van der Waals surface area contributed by atoms with Crippen LogP contribution in [-0.4, -0.2) is 62.4 Å². The summed E-state index contributed by atoms with van der Waals surface area (Å²) < 4.78 is 0. The van der Waals surface area contributed by atoms with Crippen LogP contribution in [-0.2, 0) is 16.0 Å². The van der Waals surface area contributed by atoms with Crippen LogP contribution in [0, 0.1) is 23.7 Å². The fourth-order valence-electron chi connectivity index (χ4n) is 6.06. The zero-order valence-corrected chi connectivity index (χ0v) is 22.1. The topological polar surface area (TPSA) is 115 Å². The highest BCUT2D eigenvalue weighted by Gasteiger charge is 2.44.